The maximum atomic E-state index is 6.22. The highest BCUT2D eigenvalue weighted by Gasteiger charge is 2.18. The zero-order valence-corrected chi connectivity index (χ0v) is 11.3. The number of nitrogens with one attached hydrogen (secondary N) is 1. The van der Waals surface area contributed by atoms with Crippen molar-refractivity contribution in [3.05, 3.63) is 46.5 Å². The van der Waals surface area contributed by atoms with Gasteiger partial charge in [0.2, 0.25) is 0 Å². The van der Waals surface area contributed by atoms with Gasteiger partial charge in [-0.1, -0.05) is 41.4 Å². The lowest BCUT2D eigenvalue weighted by molar-refractivity contribution is 0.325. The molecule has 1 atom stereocenters. The summed E-state index contributed by atoms with van der Waals surface area (Å²) in [5.41, 5.74) is 0.919. The second-order valence-electron chi connectivity index (χ2n) is 3.90. The van der Waals surface area contributed by atoms with Crippen LogP contribution in [0.15, 0.2) is 35.8 Å². The zero-order chi connectivity index (χ0) is 13.0. The summed E-state index contributed by atoms with van der Waals surface area (Å²) in [4.78, 5) is 4.21. The largest absolute Gasteiger partial charge is 0.463 e. The quantitative estimate of drug-likeness (QED) is 0.858. The van der Waals surface area contributed by atoms with Crippen molar-refractivity contribution in [1.82, 2.24) is 5.32 Å². The van der Waals surface area contributed by atoms with E-state index in [-0.39, 0.29) is 6.04 Å². The van der Waals surface area contributed by atoms with Gasteiger partial charge in [0.05, 0.1) is 22.6 Å². The van der Waals surface area contributed by atoms with E-state index < -0.39 is 0 Å². The summed E-state index contributed by atoms with van der Waals surface area (Å²) in [6.45, 7) is 5.06. The average Bonchev–Trinajstić information content (AvgIpc) is 2.85. The van der Waals surface area contributed by atoms with Crippen LogP contribution < -0.4 is 5.32 Å². The van der Waals surface area contributed by atoms with E-state index in [1.807, 2.05) is 18.2 Å². The first-order chi connectivity index (χ1) is 8.72. The molecule has 2 rings (SSSR count). The van der Waals surface area contributed by atoms with E-state index in [2.05, 4.69) is 16.9 Å². The van der Waals surface area contributed by atoms with Crippen molar-refractivity contribution in [1.29, 1.82) is 0 Å². The molecule has 0 fully saturated rings. The molecule has 1 aliphatic heterocycles. The highest BCUT2D eigenvalue weighted by molar-refractivity contribution is 6.42. The first-order valence-electron chi connectivity index (χ1n) is 5.71. The van der Waals surface area contributed by atoms with E-state index >= 15 is 0 Å². The summed E-state index contributed by atoms with van der Waals surface area (Å²) >= 11 is 12.2. The van der Waals surface area contributed by atoms with Crippen molar-refractivity contribution in [3.63, 3.8) is 0 Å². The highest BCUT2D eigenvalue weighted by atomic mass is 35.5. The van der Waals surface area contributed by atoms with E-state index in [0.29, 0.717) is 35.6 Å². The lowest BCUT2D eigenvalue weighted by Crippen LogP contribution is -2.28. The molecule has 1 aromatic rings. The molecular formula is C13H14Cl2N2O. The number of halogens is 2. The van der Waals surface area contributed by atoms with Gasteiger partial charge in [0, 0.05) is 0 Å². The molecule has 3 nitrogen and oxygen atoms in total. The van der Waals surface area contributed by atoms with Gasteiger partial charge in [-0.05, 0) is 18.1 Å². The Labute approximate surface area is 116 Å². The average molecular weight is 285 g/mol. The van der Waals surface area contributed by atoms with Gasteiger partial charge in [0.25, 0.3) is 6.02 Å². The van der Waals surface area contributed by atoms with Crippen LogP contribution in [0, 0.1) is 0 Å². The van der Waals surface area contributed by atoms with Crippen molar-refractivity contribution < 1.29 is 4.74 Å². The lowest BCUT2D eigenvalue weighted by Gasteiger charge is -2.19. The molecule has 18 heavy (non-hydrogen) atoms. The predicted molar refractivity (Wildman–Crippen MR) is 75.4 cm³/mol. The molecule has 1 aliphatic rings. The first-order valence-corrected chi connectivity index (χ1v) is 6.46. The number of hydrogen-bond donors (Lipinski definition) is 1. The second kappa shape index (κ2) is 6.12. The molecule has 0 saturated heterocycles. The minimum Gasteiger partial charge on any atom is -0.463 e. The molecule has 0 spiro atoms. The molecule has 5 heteroatoms. The Morgan fingerprint density at radius 3 is 3.00 bits per heavy atom. The Kier molecular flexibility index (Phi) is 4.50. The Morgan fingerprint density at radius 2 is 2.33 bits per heavy atom. The van der Waals surface area contributed by atoms with Crippen LogP contribution in [0.3, 0.4) is 0 Å². The monoisotopic (exact) mass is 284 g/mol. The topological polar surface area (TPSA) is 33.6 Å². The fraction of sp³-hybridized carbons (Fsp3) is 0.308. The summed E-state index contributed by atoms with van der Waals surface area (Å²) < 4.78 is 5.35. The molecule has 0 radical (unpaired) electrons. The van der Waals surface area contributed by atoms with E-state index in [1.54, 1.807) is 6.07 Å². The lowest BCUT2D eigenvalue weighted by atomic mass is 10.0. The van der Waals surface area contributed by atoms with Crippen LogP contribution in [0.2, 0.25) is 10.0 Å². The number of amidine groups is 1. The Balaban J connectivity index is 2.23. The van der Waals surface area contributed by atoms with Crippen LogP contribution in [-0.2, 0) is 4.74 Å². The fourth-order valence-corrected chi connectivity index (χ4v) is 2.23. The van der Waals surface area contributed by atoms with E-state index in [0.717, 1.165) is 5.56 Å². The van der Waals surface area contributed by atoms with Gasteiger partial charge in [0.15, 0.2) is 0 Å². The molecule has 0 aromatic heterocycles. The maximum Gasteiger partial charge on any atom is 0.285 e. The molecule has 0 aliphatic carbocycles. The minimum atomic E-state index is -0.0365. The Bertz CT molecular complexity index is 474. The number of hydrogen-bond acceptors (Lipinski definition) is 3. The van der Waals surface area contributed by atoms with Crippen LogP contribution in [0.4, 0.5) is 0 Å². The van der Waals surface area contributed by atoms with Gasteiger partial charge in [-0.15, -0.1) is 6.58 Å². The van der Waals surface area contributed by atoms with Crippen LogP contribution in [-0.4, -0.2) is 19.2 Å². The van der Waals surface area contributed by atoms with Gasteiger partial charge in [-0.2, -0.15) is 0 Å². The Hall–Kier alpha value is -1.19. The maximum absolute atomic E-state index is 6.22. The highest BCUT2D eigenvalue weighted by Crippen LogP contribution is 2.31. The number of rotatable bonds is 4. The van der Waals surface area contributed by atoms with Gasteiger partial charge >= 0.3 is 0 Å². The van der Waals surface area contributed by atoms with Crippen LogP contribution in [0.5, 0.6) is 0 Å². The molecule has 1 aromatic carbocycles. The van der Waals surface area contributed by atoms with Crippen molar-refractivity contribution in [2.45, 2.75) is 12.5 Å². The van der Waals surface area contributed by atoms with Crippen molar-refractivity contribution in [2.24, 2.45) is 4.99 Å². The number of ether oxygens (including phenoxy) is 1. The number of benzene rings is 1. The van der Waals surface area contributed by atoms with Crippen LogP contribution in [0.1, 0.15) is 18.0 Å². The third kappa shape index (κ3) is 2.98. The molecular weight excluding hydrogens is 271 g/mol. The number of nitrogens with zero attached hydrogens (tertiary/aromatic N) is 1. The Morgan fingerprint density at radius 1 is 1.50 bits per heavy atom. The normalized spacial score (nSPS) is 15.8. The van der Waals surface area contributed by atoms with Crippen LogP contribution in [0.25, 0.3) is 0 Å². The first kappa shape index (κ1) is 13.2. The van der Waals surface area contributed by atoms with Gasteiger partial charge < -0.3 is 10.1 Å². The minimum absolute atomic E-state index is 0.0365. The summed E-state index contributed by atoms with van der Waals surface area (Å²) in [7, 11) is 0. The van der Waals surface area contributed by atoms with Crippen molar-refractivity contribution >= 4 is 29.2 Å². The molecule has 96 valence electrons. The molecule has 0 saturated carbocycles. The van der Waals surface area contributed by atoms with Gasteiger partial charge in [0.1, 0.15) is 6.61 Å². The molecule has 0 bridgehead atoms. The van der Waals surface area contributed by atoms with E-state index in [9.17, 15) is 0 Å². The molecule has 1 unspecified atom stereocenters. The predicted octanol–water partition coefficient (Wildman–Crippen LogP) is 3.59. The molecule has 0 amide bonds. The number of aliphatic imine (C=N–C) groups is 1. The standard InChI is InChI=1S/C13H14Cl2N2O/c1-2-4-11(17-13-16-7-8-18-13)9-5-3-6-10(14)12(9)15/h2-3,5-6,11H,1,4,7-8H2,(H,16,17). The third-order valence-electron chi connectivity index (χ3n) is 2.64. The van der Waals surface area contributed by atoms with Crippen molar-refractivity contribution in [2.75, 3.05) is 13.2 Å². The van der Waals surface area contributed by atoms with E-state index in [1.165, 1.54) is 0 Å². The van der Waals surface area contributed by atoms with Crippen molar-refractivity contribution in [3.8, 4) is 0 Å². The van der Waals surface area contributed by atoms with E-state index in [4.69, 9.17) is 27.9 Å². The summed E-state index contributed by atoms with van der Waals surface area (Å²) in [6.07, 6.45) is 2.53. The zero-order valence-electron chi connectivity index (χ0n) is 9.83. The molecule has 1 heterocycles. The van der Waals surface area contributed by atoms with Gasteiger partial charge in [-0.25, -0.2) is 4.99 Å². The summed E-state index contributed by atoms with van der Waals surface area (Å²) in [6, 6.07) is 6.09. The second-order valence-corrected chi connectivity index (χ2v) is 4.68. The van der Waals surface area contributed by atoms with Gasteiger partial charge in [-0.3, -0.25) is 0 Å². The SMILES string of the molecule is C=CCC(NC1=NCCO1)c1cccc(Cl)c1Cl. The van der Waals surface area contributed by atoms with Crippen LogP contribution >= 0.6 is 23.2 Å². The molecule has 1 N–H and O–H groups in total. The third-order valence-corrected chi connectivity index (χ3v) is 3.48. The smallest absolute Gasteiger partial charge is 0.285 e. The summed E-state index contributed by atoms with van der Waals surface area (Å²) in [5.74, 6) is 0. The summed E-state index contributed by atoms with van der Waals surface area (Å²) in [5, 5.41) is 4.31. The fourth-order valence-electron chi connectivity index (χ4n) is 1.79.